The zero-order valence-electron chi connectivity index (χ0n) is 11.8. The Morgan fingerprint density at radius 1 is 1.23 bits per heavy atom. The molecule has 2 amide bonds. The molecule has 114 valence electrons. The highest BCUT2D eigenvalue weighted by atomic mass is 32.1. The number of nitrogens with one attached hydrogen (secondary N) is 2. The summed E-state index contributed by atoms with van der Waals surface area (Å²) in [7, 11) is 0. The van der Waals surface area contributed by atoms with Crippen LogP contribution >= 0.6 is 22.7 Å². The van der Waals surface area contributed by atoms with Gasteiger partial charge >= 0.3 is 6.03 Å². The quantitative estimate of drug-likeness (QED) is 0.754. The Balaban J connectivity index is 1.26. The van der Waals surface area contributed by atoms with Gasteiger partial charge in [-0.3, -0.25) is 4.40 Å². The van der Waals surface area contributed by atoms with Gasteiger partial charge in [-0.05, 0) is 12.8 Å². The molecule has 8 heteroatoms. The van der Waals surface area contributed by atoms with Crippen LogP contribution in [0.5, 0.6) is 0 Å². The predicted molar refractivity (Wildman–Crippen MR) is 86.2 cm³/mol. The lowest BCUT2D eigenvalue weighted by Gasteiger charge is -2.04. The summed E-state index contributed by atoms with van der Waals surface area (Å²) in [5, 5.41) is 10.9. The fourth-order valence-electron chi connectivity index (χ4n) is 2.19. The van der Waals surface area contributed by atoms with E-state index >= 15 is 0 Å². The second-order valence-corrected chi connectivity index (χ2v) is 7.08. The minimum Gasteiger partial charge on any atom is -0.332 e. The van der Waals surface area contributed by atoms with E-state index in [9.17, 15) is 4.79 Å². The topological polar surface area (TPSA) is 71.3 Å². The average molecular weight is 333 g/mol. The van der Waals surface area contributed by atoms with E-state index in [1.807, 2.05) is 27.6 Å². The lowest BCUT2D eigenvalue weighted by Crippen LogP contribution is -2.34. The molecule has 6 nitrogen and oxygen atoms in total. The van der Waals surface area contributed by atoms with Gasteiger partial charge in [0, 0.05) is 29.1 Å². The number of carbonyl (C=O) groups excluding carboxylic acids is 1. The van der Waals surface area contributed by atoms with E-state index < -0.39 is 0 Å². The van der Waals surface area contributed by atoms with Crippen LogP contribution in [0.25, 0.3) is 4.96 Å². The molecule has 1 aliphatic rings. The molecule has 0 bridgehead atoms. The predicted octanol–water partition coefficient (Wildman–Crippen LogP) is 2.73. The number of aromatic nitrogens is 3. The molecule has 3 aromatic heterocycles. The zero-order chi connectivity index (χ0) is 14.9. The molecule has 0 aromatic carbocycles. The number of hydrogen-bond acceptors (Lipinski definition) is 5. The molecule has 2 N–H and O–H groups in total. The van der Waals surface area contributed by atoms with Gasteiger partial charge in [0.15, 0.2) is 4.96 Å². The summed E-state index contributed by atoms with van der Waals surface area (Å²) < 4.78 is 1.95. The number of rotatable bonds is 5. The summed E-state index contributed by atoms with van der Waals surface area (Å²) >= 11 is 3.27. The fraction of sp³-hybridized carbons (Fsp3) is 0.357. The Bertz CT molecular complexity index is 772. The van der Waals surface area contributed by atoms with Crippen molar-refractivity contribution < 1.29 is 4.79 Å². The van der Waals surface area contributed by atoms with Crippen LogP contribution in [0.1, 0.15) is 35.2 Å². The van der Waals surface area contributed by atoms with Gasteiger partial charge in [-0.25, -0.2) is 14.8 Å². The Hall–Kier alpha value is -1.93. The molecule has 0 saturated heterocycles. The average Bonchev–Trinajstić information content (AvgIpc) is 2.94. The summed E-state index contributed by atoms with van der Waals surface area (Å²) in [4.78, 5) is 21.7. The Labute approximate surface area is 135 Å². The molecule has 0 aliphatic heterocycles. The molecule has 1 fully saturated rings. The summed E-state index contributed by atoms with van der Waals surface area (Å²) in [5.41, 5.74) is 1.79. The van der Waals surface area contributed by atoms with Crippen LogP contribution in [-0.4, -0.2) is 20.4 Å². The molecule has 0 atom stereocenters. The number of thiazole rings is 2. The summed E-state index contributed by atoms with van der Waals surface area (Å²) in [5.74, 6) is 0.669. The minimum atomic E-state index is -0.197. The highest BCUT2D eigenvalue weighted by Crippen LogP contribution is 2.41. The first-order chi connectivity index (χ1) is 10.8. The molecule has 4 rings (SSSR count). The first-order valence-corrected chi connectivity index (χ1v) is 8.91. The molecule has 3 aromatic rings. The Morgan fingerprint density at radius 3 is 2.82 bits per heavy atom. The van der Waals surface area contributed by atoms with Crippen molar-refractivity contribution >= 4 is 33.7 Å². The normalized spacial score (nSPS) is 14.4. The number of hydrogen-bond donors (Lipinski definition) is 2. The summed E-state index contributed by atoms with van der Waals surface area (Å²) in [6.07, 6.45) is 6.39. The molecule has 0 radical (unpaired) electrons. The molecule has 1 saturated carbocycles. The first kappa shape index (κ1) is 13.7. The van der Waals surface area contributed by atoms with E-state index in [0.717, 1.165) is 16.3 Å². The monoisotopic (exact) mass is 333 g/mol. The number of amides is 2. The fourth-order valence-corrected chi connectivity index (χ4v) is 3.90. The summed E-state index contributed by atoms with van der Waals surface area (Å²) in [6, 6.07) is -0.197. The lowest BCUT2D eigenvalue weighted by molar-refractivity contribution is 0.240. The smallest absolute Gasteiger partial charge is 0.315 e. The third kappa shape index (κ3) is 2.97. The SMILES string of the molecule is O=C(NCc1csc(C2CC2)n1)NCc1cn2ccsc2n1. The molecule has 22 heavy (non-hydrogen) atoms. The maximum Gasteiger partial charge on any atom is 0.315 e. The van der Waals surface area contributed by atoms with Crippen LogP contribution in [0.2, 0.25) is 0 Å². The van der Waals surface area contributed by atoms with Gasteiger partial charge in [0.1, 0.15) is 0 Å². The van der Waals surface area contributed by atoms with Crippen molar-refractivity contribution in [1.29, 1.82) is 0 Å². The largest absolute Gasteiger partial charge is 0.332 e. The van der Waals surface area contributed by atoms with Crippen molar-refractivity contribution in [3.63, 3.8) is 0 Å². The van der Waals surface area contributed by atoms with Gasteiger partial charge in [-0.1, -0.05) is 0 Å². The van der Waals surface area contributed by atoms with E-state index in [1.54, 1.807) is 22.7 Å². The van der Waals surface area contributed by atoms with Gasteiger partial charge in [-0.2, -0.15) is 0 Å². The Kier molecular flexibility index (Phi) is 3.55. The van der Waals surface area contributed by atoms with E-state index in [0.29, 0.717) is 19.0 Å². The van der Waals surface area contributed by atoms with E-state index in [4.69, 9.17) is 0 Å². The zero-order valence-corrected chi connectivity index (χ0v) is 13.4. The highest BCUT2D eigenvalue weighted by Gasteiger charge is 2.26. The third-order valence-corrected chi connectivity index (χ3v) is 5.33. The van der Waals surface area contributed by atoms with E-state index in [2.05, 4.69) is 20.6 Å². The van der Waals surface area contributed by atoms with Crippen LogP contribution in [0.4, 0.5) is 4.79 Å². The second-order valence-electron chi connectivity index (χ2n) is 5.31. The highest BCUT2D eigenvalue weighted by molar-refractivity contribution is 7.15. The van der Waals surface area contributed by atoms with Gasteiger partial charge in [0.05, 0.1) is 29.5 Å². The van der Waals surface area contributed by atoms with Crippen molar-refractivity contribution in [3.8, 4) is 0 Å². The number of urea groups is 1. The maximum atomic E-state index is 11.8. The maximum absolute atomic E-state index is 11.8. The van der Waals surface area contributed by atoms with E-state index in [-0.39, 0.29) is 6.03 Å². The second kappa shape index (κ2) is 5.69. The van der Waals surface area contributed by atoms with Gasteiger partial charge in [-0.15, -0.1) is 22.7 Å². The van der Waals surface area contributed by atoms with Crippen molar-refractivity contribution in [3.05, 3.63) is 39.5 Å². The summed E-state index contributed by atoms with van der Waals surface area (Å²) in [6.45, 7) is 0.887. The molecule has 0 unspecified atom stereocenters. The number of fused-ring (bicyclic) bond motifs is 1. The number of carbonyl (C=O) groups is 1. The van der Waals surface area contributed by atoms with Crippen LogP contribution in [0.3, 0.4) is 0 Å². The standard InChI is InChI=1S/C14H15N5OS2/c20-13(15-5-10-7-19-3-4-21-14(19)18-10)16-6-11-8-22-12(17-11)9-1-2-9/h3-4,7-9H,1-2,5-6H2,(H2,15,16,20). The lowest BCUT2D eigenvalue weighted by atomic mass is 10.4. The van der Waals surface area contributed by atoms with Crippen molar-refractivity contribution in [1.82, 2.24) is 25.0 Å². The number of nitrogens with zero attached hydrogens (tertiary/aromatic N) is 3. The molecule has 3 heterocycles. The van der Waals surface area contributed by atoms with Gasteiger partial charge in [0.25, 0.3) is 0 Å². The Morgan fingerprint density at radius 2 is 2.05 bits per heavy atom. The van der Waals surface area contributed by atoms with E-state index in [1.165, 1.54) is 17.8 Å². The van der Waals surface area contributed by atoms with Crippen molar-refractivity contribution in [2.75, 3.05) is 0 Å². The molecular weight excluding hydrogens is 318 g/mol. The number of imidazole rings is 1. The van der Waals surface area contributed by atoms with Gasteiger partial charge < -0.3 is 10.6 Å². The van der Waals surface area contributed by atoms with Crippen LogP contribution < -0.4 is 10.6 Å². The third-order valence-electron chi connectivity index (χ3n) is 3.50. The van der Waals surface area contributed by atoms with Gasteiger partial charge in [0.2, 0.25) is 0 Å². The van der Waals surface area contributed by atoms with Crippen LogP contribution in [0, 0.1) is 0 Å². The molecule has 0 spiro atoms. The molecule has 1 aliphatic carbocycles. The molecular formula is C14H15N5OS2. The minimum absolute atomic E-state index is 0.197. The first-order valence-electron chi connectivity index (χ1n) is 7.15. The van der Waals surface area contributed by atoms with Crippen LogP contribution in [0.15, 0.2) is 23.2 Å². The van der Waals surface area contributed by atoms with Crippen LogP contribution in [-0.2, 0) is 13.1 Å². The van der Waals surface area contributed by atoms with Crippen molar-refractivity contribution in [2.45, 2.75) is 31.8 Å². The van der Waals surface area contributed by atoms with Crippen molar-refractivity contribution in [2.24, 2.45) is 0 Å².